The van der Waals surface area contributed by atoms with Gasteiger partial charge in [0, 0.05) is 18.1 Å². The van der Waals surface area contributed by atoms with Crippen LogP contribution in [0.15, 0.2) is 18.2 Å². The zero-order valence-electron chi connectivity index (χ0n) is 10.3. The summed E-state index contributed by atoms with van der Waals surface area (Å²) in [5, 5.41) is 0.696. The highest BCUT2D eigenvalue weighted by Crippen LogP contribution is 2.21. The van der Waals surface area contributed by atoms with Crippen LogP contribution >= 0.6 is 11.6 Å². The predicted molar refractivity (Wildman–Crippen MR) is 69.1 cm³/mol. The maximum atomic E-state index is 11.8. The van der Waals surface area contributed by atoms with Crippen LogP contribution < -0.4 is 4.74 Å². The Morgan fingerprint density at radius 3 is 2.83 bits per heavy atom. The maximum Gasteiger partial charge on any atom is 0.260 e. The van der Waals surface area contributed by atoms with Gasteiger partial charge in [-0.3, -0.25) is 4.79 Å². The summed E-state index contributed by atoms with van der Waals surface area (Å²) in [6, 6.07) is 5.36. The van der Waals surface area contributed by atoms with E-state index in [0.717, 1.165) is 5.56 Å². The summed E-state index contributed by atoms with van der Waals surface area (Å²) in [5.74, 6) is 0.657. The molecule has 1 aliphatic rings. The van der Waals surface area contributed by atoms with Crippen LogP contribution in [0.4, 0.5) is 0 Å². The molecule has 5 heteroatoms. The number of carbonyl (C=O) groups is 1. The molecule has 98 valence electrons. The number of benzene rings is 1. The molecule has 1 aromatic rings. The van der Waals surface area contributed by atoms with Crippen molar-refractivity contribution in [1.82, 2.24) is 4.90 Å². The molecule has 4 nitrogen and oxygen atoms in total. The number of hydrogen-bond donors (Lipinski definition) is 0. The number of amides is 1. The van der Waals surface area contributed by atoms with E-state index < -0.39 is 0 Å². The van der Waals surface area contributed by atoms with Crippen LogP contribution in [-0.2, 0) is 9.53 Å². The van der Waals surface area contributed by atoms with Gasteiger partial charge in [-0.25, -0.2) is 0 Å². The third-order valence-electron chi connectivity index (χ3n) is 2.86. The Balaban J connectivity index is 1.86. The van der Waals surface area contributed by atoms with Gasteiger partial charge in [-0.05, 0) is 30.7 Å². The first-order valence-electron chi connectivity index (χ1n) is 5.91. The summed E-state index contributed by atoms with van der Waals surface area (Å²) in [6.45, 7) is 4.45. The molecule has 0 spiro atoms. The molecule has 18 heavy (non-hydrogen) atoms. The van der Waals surface area contributed by atoms with Gasteiger partial charge in [0.15, 0.2) is 6.61 Å². The molecule has 0 aliphatic carbocycles. The summed E-state index contributed by atoms with van der Waals surface area (Å²) in [4.78, 5) is 13.6. The fraction of sp³-hybridized carbons (Fsp3) is 0.462. The van der Waals surface area contributed by atoms with Gasteiger partial charge in [0.05, 0.1) is 13.2 Å². The number of nitrogens with zero attached hydrogens (tertiary/aromatic N) is 1. The van der Waals surface area contributed by atoms with E-state index in [1.807, 2.05) is 13.0 Å². The minimum atomic E-state index is -0.00842. The Labute approximate surface area is 111 Å². The van der Waals surface area contributed by atoms with Crippen LogP contribution in [0, 0.1) is 6.92 Å². The fourth-order valence-electron chi connectivity index (χ4n) is 1.76. The van der Waals surface area contributed by atoms with Crippen LogP contribution in [0.5, 0.6) is 5.75 Å². The average molecular weight is 270 g/mol. The highest BCUT2D eigenvalue weighted by Gasteiger charge is 2.17. The Morgan fingerprint density at radius 2 is 2.17 bits per heavy atom. The Kier molecular flexibility index (Phi) is 4.44. The van der Waals surface area contributed by atoms with E-state index in [0.29, 0.717) is 37.1 Å². The number of morpholine rings is 1. The van der Waals surface area contributed by atoms with Gasteiger partial charge in [0.1, 0.15) is 5.75 Å². The molecule has 0 saturated carbocycles. The number of halogens is 1. The van der Waals surface area contributed by atoms with Gasteiger partial charge < -0.3 is 14.4 Å². The van der Waals surface area contributed by atoms with E-state index in [1.54, 1.807) is 17.0 Å². The first kappa shape index (κ1) is 13.2. The van der Waals surface area contributed by atoms with Crippen molar-refractivity contribution >= 4 is 17.5 Å². The highest BCUT2D eigenvalue weighted by molar-refractivity contribution is 6.31. The van der Waals surface area contributed by atoms with Crippen molar-refractivity contribution in [3.8, 4) is 5.75 Å². The molecule has 1 fully saturated rings. The van der Waals surface area contributed by atoms with Crippen molar-refractivity contribution in [3.05, 3.63) is 28.8 Å². The topological polar surface area (TPSA) is 38.8 Å². The highest BCUT2D eigenvalue weighted by atomic mass is 35.5. The summed E-state index contributed by atoms with van der Waals surface area (Å²) < 4.78 is 10.7. The molecule has 2 rings (SSSR count). The smallest absolute Gasteiger partial charge is 0.260 e. The lowest BCUT2D eigenvalue weighted by Crippen LogP contribution is -2.42. The summed E-state index contributed by atoms with van der Waals surface area (Å²) in [5.41, 5.74) is 0.938. The number of ether oxygens (including phenoxy) is 2. The Hall–Kier alpha value is -1.26. The van der Waals surface area contributed by atoms with Crippen molar-refractivity contribution in [2.75, 3.05) is 32.9 Å². The molecule has 0 bridgehead atoms. The van der Waals surface area contributed by atoms with Crippen LogP contribution in [0.2, 0.25) is 5.02 Å². The van der Waals surface area contributed by atoms with Crippen molar-refractivity contribution in [2.45, 2.75) is 6.92 Å². The zero-order chi connectivity index (χ0) is 13.0. The van der Waals surface area contributed by atoms with Crippen molar-refractivity contribution in [2.24, 2.45) is 0 Å². The molecular weight excluding hydrogens is 254 g/mol. The Morgan fingerprint density at radius 1 is 1.44 bits per heavy atom. The second-order valence-corrected chi connectivity index (χ2v) is 4.60. The van der Waals surface area contributed by atoms with Crippen molar-refractivity contribution in [1.29, 1.82) is 0 Å². The molecule has 1 heterocycles. The van der Waals surface area contributed by atoms with E-state index >= 15 is 0 Å². The minimum absolute atomic E-state index is 0.00842. The van der Waals surface area contributed by atoms with Gasteiger partial charge >= 0.3 is 0 Å². The monoisotopic (exact) mass is 269 g/mol. The molecule has 0 aromatic heterocycles. The van der Waals surface area contributed by atoms with E-state index in [2.05, 4.69) is 0 Å². The SMILES string of the molecule is Cc1cc(OCC(=O)N2CCOCC2)ccc1Cl. The first-order valence-corrected chi connectivity index (χ1v) is 6.29. The second kappa shape index (κ2) is 6.07. The van der Waals surface area contributed by atoms with Gasteiger partial charge in [0.25, 0.3) is 5.91 Å². The summed E-state index contributed by atoms with van der Waals surface area (Å²) in [6.07, 6.45) is 0. The van der Waals surface area contributed by atoms with E-state index in [4.69, 9.17) is 21.1 Å². The van der Waals surface area contributed by atoms with Gasteiger partial charge in [0.2, 0.25) is 0 Å². The molecular formula is C13H16ClNO3. The number of hydrogen-bond acceptors (Lipinski definition) is 3. The molecule has 1 aromatic carbocycles. The normalized spacial score (nSPS) is 15.6. The second-order valence-electron chi connectivity index (χ2n) is 4.19. The molecule has 0 radical (unpaired) electrons. The summed E-state index contributed by atoms with van der Waals surface area (Å²) >= 11 is 5.92. The minimum Gasteiger partial charge on any atom is -0.484 e. The van der Waals surface area contributed by atoms with Gasteiger partial charge in [-0.1, -0.05) is 11.6 Å². The molecule has 0 N–H and O–H groups in total. The quantitative estimate of drug-likeness (QED) is 0.841. The van der Waals surface area contributed by atoms with E-state index in [1.165, 1.54) is 0 Å². The lowest BCUT2D eigenvalue weighted by atomic mass is 10.2. The maximum absolute atomic E-state index is 11.8. The predicted octanol–water partition coefficient (Wildman–Crippen LogP) is 1.89. The lowest BCUT2D eigenvalue weighted by Gasteiger charge is -2.26. The molecule has 1 saturated heterocycles. The molecule has 0 unspecified atom stereocenters. The van der Waals surface area contributed by atoms with Crippen LogP contribution in [0.25, 0.3) is 0 Å². The molecule has 0 atom stereocenters. The van der Waals surface area contributed by atoms with E-state index in [-0.39, 0.29) is 12.5 Å². The third kappa shape index (κ3) is 3.37. The van der Waals surface area contributed by atoms with Crippen LogP contribution in [0.1, 0.15) is 5.56 Å². The summed E-state index contributed by atoms with van der Waals surface area (Å²) in [7, 11) is 0. The third-order valence-corrected chi connectivity index (χ3v) is 3.28. The number of rotatable bonds is 3. The van der Waals surface area contributed by atoms with Crippen molar-refractivity contribution < 1.29 is 14.3 Å². The zero-order valence-corrected chi connectivity index (χ0v) is 11.1. The van der Waals surface area contributed by atoms with Crippen LogP contribution in [0.3, 0.4) is 0 Å². The standard InChI is InChI=1S/C13H16ClNO3/c1-10-8-11(2-3-12(10)14)18-9-13(16)15-4-6-17-7-5-15/h2-3,8H,4-7,9H2,1H3. The molecule has 1 amide bonds. The number of aryl methyl sites for hydroxylation is 1. The van der Waals surface area contributed by atoms with Gasteiger partial charge in [-0.2, -0.15) is 0 Å². The average Bonchev–Trinajstić information content (AvgIpc) is 2.41. The number of carbonyl (C=O) groups excluding carboxylic acids is 1. The largest absolute Gasteiger partial charge is 0.484 e. The molecule has 1 aliphatic heterocycles. The van der Waals surface area contributed by atoms with Crippen molar-refractivity contribution in [3.63, 3.8) is 0 Å². The first-order chi connectivity index (χ1) is 8.66. The Bertz CT molecular complexity index is 430. The fourth-order valence-corrected chi connectivity index (χ4v) is 1.87. The van der Waals surface area contributed by atoms with Crippen LogP contribution in [-0.4, -0.2) is 43.7 Å². The lowest BCUT2D eigenvalue weighted by molar-refractivity contribution is -0.137. The van der Waals surface area contributed by atoms with Gasteiger partial charge in [-0.15, -0.1) is 0 Å². The van der Waals surface area contributed by atoms with E-state index in [9.17, 15) is 4.79 Å².